The zero-order valence-corrected chi connectivity index (χ0v) is 12.8. The Balaban J connectivity index is 2.98. The Kier molecular flexibility index (Phi) is 4.53. The highest BCUT2D eigenvalue weighted by atomic mass is 32.2. The van der Waals surface area contributed by atoms with E-state index in [4.69, 9.17) is 0 Å². The number of nitrogens with one attached hydrogen (secondary N) is 1. The Morgan fingerprint density at radius 1 is 1.16 bits per heavy atom. The van der Waals surface area contributed by atoms with Crippen molar-refractivity contribution in [3.63, 3.8) is 0 Å². The normalized spacial score (nSPS) is 14.2. The van der Waals surface area contributed by atoms with Crippen LogP contribution in [-0.2, 0) is 10.0 Å². The van der Waals surface area contributed by atoms with Crippen LogP contribution in [0.1, 0.15) is 45.0 Å². The molecule has 4 nitrogen and oxygen atoms in total. The van der Waals surface area contributed by atoms with Gasteiger partial charge in [0, 0.05) is 11.6 Å². The van der Waals surface area contributed by atoms with Gasteiger partial charge in [-0.25, -0.2) is 13.1 Å². The molecule has 0 bridgehead atoms. The first-order valence-corrected chi connectivity index (χ1v) is 7.65. The van der Waals surface area contributed by atoms with Crippen LogP contribution in [0.2, 0.25) is 0 Å². The largest absolute Gasteiger partial charge is 0.295 e. The molecule has 0 radical (unpaired) electrons. The average Bonchev–Trinajstić information content (AvgIpc) is 2.27. The molecule has 0 aliphatic carbocycles. The molecule has 0 amide bonds. The smallest absolute Gasteiger partial charge is 0.240 e. The summed E-state index contributed by atoms with van der Waals surface area (Å²) in [4.78, 5) is 11.3. The lowest BCUT2D eigenvalue weighted by Gasteiger charge is -2.27. The van der Waals surface area contributed by atoms with Gasteiger partial charge < -0.3 is 0 Å². The maximum Gasteiger partial charge on any atom is 0.240 e. The molecule has 1 N–H and O–H groups in total. The van der Waals surface area contributed by atoms with Crippen molar-refractivity contribution in [3.8, 4) is 0 Å². The van der Waals surface area contributed by atoms with Gasteiger partial charge >= 0.3 is 0 Å². The van der Waals surface area contributed by atoms with Crippen LogP contribution >= 0.6 is 0 Å². The van der Waals surface area contributed by atoms with Gasteiger partial charge in [0.05, 0.1) is 4.90 Å². The van der Waals surface area contributed by atoms with Gasteiger partial charge in [-0.05, 0) is 31.4 Å². The molecule has 1 aromatic rings. The lowest BCUT2D eigenvalue weighted by atomic mass is 9.89. The van der Waals surface area contributed by atoms with Gasteiger partial charge in [0.2, 0.25) is 10.0 Å². The molecule has 1 unspecified atom stereocenters. The second-order valence-corrected chi connectivity index (χ2v) is 7.50. The fraction of sp³-hybridized carbons (Fsp3) is 0.500. The molecule has 0 aliphatic rings. The summed E-state index contributed by atoms with van der Waals surface area (Å²) in [6.45, 7) is 9.20. The number of benzene rings is 1. The first-order valence-electron chi connectivity index (χ1n) is 6.17. The Hall–Kier alpha value is -1.20. The molecule has 5 heteroatoms. The van der Waals surface area contributed by atoms with Crippen LogP contribution in [0.5, 0.6) is 0 Å². The minimum Gasteiger partial charge on any atom is -0.295 e. The first kappa shape index (κ1) is 15.9. The van der Waals surface area contributed by atoms with E-state index in [1.165, 1.54) is 31.2 Å². The van der Waals surface area contributed by atoms with Crippen molar-refractivity contribution in [2.75, 3.05) is 0 Å². The third kappa shape index (κ3) is 4.14. The Morgan fingerprint density at radius 2 is 1.63 bits per heavy atom. The molecule has 0 heterocycles. The zero-order chi connectivity index (χ0) is 14.8. The van der Waals surface area contributed by atoms with E-state index in [2.05, 4.69) is 4.72 Å². The van der Waals surface area contributed by atoms with Crippen LogP contribution in [0, 0.1) is 5.41 Å². The molecule has 1 rings (SSSR count). The molecule has 1 aromatic carbocycles. The van der Waals surface area contributed by atoms with Gasteiger partial charge in [0.15, 0.2) is 5.78 Å². The van der Waals surface area contributed by atoms with Crippen molar-refractivity contribution in [2.24, 2.45) is 5.41 Å². The van der Waals surface area contributed by atoms with Crippen molar-refractivity contribution in [1.29, 1.82) is 0 Å². The highest BCUT2D eigenvalue weighted by molar-refractivity contribution is 7.89. The molecule has 19 heavy (non-hydrogen) atoms. The quantitative estimate of drug-likeness (QED) is 0.864. The van der Waals surface area contributed by atoms with Crippen LogP contribution < -0.4 is 4.72 Å². The second kappa shape index (κ2) is 5.43. The number of rotatable bonds is 4. The lowest BCUT2D eigenvalue weighted by molar-refractivity contribution is 0.101. The third-order valence-electron chi connectivity index (χ3n) is 3.20. The summed E-state index contributed by atoms with van der Waals surface area (Å²) >= 11 is 0. The molecule has 0 spiro atoms. The lowest BCUT2D eigenvalue weighted by Crippen LogP contribution is -2.41. The van der Waals surface area contributed by atoms with Gasteiger partial charge in [-0.2, -0.15) is 0 Å². The second-order valence-electron chi connectivity index (χ2n) is 5.79. The van der Waals surface area contributed by atoms with E-state index in [1.807, 2.05) is 27.7 Å². The fourth-order valence-electron chi connectivity index (χ4n) is 1.35. The predicted molar refractivity (Wildman–Crippen MR) is 75.7 cm³/mol. The average molecular weight is 283 g/mol. The van der Waals surface area contributed by atoms with Crippen LogP contribution in [-0.4, -0.2) is 20.2 Å². The molecule has 0 fully saturated rings. The maximum atomic E-state index is 12.2. The van der Waals surface area contributed by atoms with Crippen molar-refractivity contribution in [1.82, 2.24) is 4.72 Å². The van der Waals surface area contributed by atoms with Crippen molar-refractivity contribution in [2.45, 2.75) is 45.6 Å². The van der Waals surface area contributed by atoms with E-state index < -0.39 is 10.0 Å². The standard InChI is InChI=1S/C14H21NO3S/c1-10(16)12-6-8-13(9-7-12)19(17,18)15-11(2)14(3,4)5/h6-9,11,15H,1-5H3. The number of carbonyl (C=O) groups is 1. The molecule has 0 saturated heterocycles. The number of hydrogen-bond donors (Lipinski definition) is 1. The Morgan fingerprint density at radius 3 is 2.00 bits per heavy atom. The highest BCUT2D eigenvalue weighted by Gasteiger charge is 2.25. The van der Waals surface area contributed by atoms with Crippen LogP contribution in [0.3, 0.4) is 0 Å². The van der Waals surface area contributed by atoms with Crippen molar-refractivity contribution in [3.05, 3.63) is 29.8 Å². The van der Waals surface area contributed by atoms with Gasteiger partial charge in [-0.3, -0.25) is 4.79 Å². The highest BCUT2D eigenvalue weighted by Crippen LogP contribution is 2.21. The third-order valence-corrected chi connectivity index (χ3v) is 4.76. The van der Waals surface area contributed by atoms with E-state index in [0.29, 0.717) is 5.56 Å². The first-order chi connectivity index (χ1) is 8.54. The molecule has 0 saturated carbocycles. The van der Waals surface area contributed by atoms with Gasteiger partial charge in [0.25, 0.3) is 0 Å². The summed E-state index contributed by atoms with van der Waals surface area (Å²) in [7, 11) is -3.55. The maximum absolute atomic E-state index is 12.2. The fourth-order valence-corrected chi connectivity index (χ4v) is 2.80. The molecule has 1 atom stereocenters. The minimum absolute atomic E-state index is 0.0834. The van der Waals surface area contributed by atoms with Gasteiger partial charge in [0.1, 0.15) is 0 Å². The monoisotopic (exact) mass is 283 g/mol. The topological polar surface area (TPSA) is 63.2 Å². The summed E-state index contributed by atoms with van der Waals surface area (Å²) in [5.41, 5.74) is 0.342. The minimum atomic E-state index is -3.55. The van der Waals surface area contributed by atoms with E-state index in [1.54, 1.807) is 0 Å². The zero-order valence-electron chi connectivity index (χ0n) is 12.0. The van der Waals surface area contributed by atoms with Crippen molar-refractivity contribution < 1.29 is 13.2 Å². The number of hydrogen-bond acceptors (Lipinski definition) is 3. The molecule has 0 aliphatic heterocycles. The van der Waals surface area contributed by atoms with Crippen LogP contribution in [0.25, 0.3) is 0 Å². The Bertz CT molecular complexity index is 553. The summed E-state index contributed by atoms with van der Waals surface area (Å²) in [5, 5.41) is 0. The SMILES string of the molecule is CC(=O)c1ccc(S(=O)(=O)NC(C)C(C)(C)C)cc1. The number of Topliss-reactive ketones (excluding diaryl/α,β-unsaturated/α-hetero) is 1. The summed E-state index contributed by atoms with van der Waals surface area (Å²) < 4.78 is 27.0. The predicted octanol–water partition coefficient (Wildman–Crippen LogP) is 2.60. The number of sulfonamides is 1. The molecule has 0 aromatic heterocycles. The summed E-state index contributed by atoms with van der Waals surface area (Å²) in [6.07, 6.45) is 0. The van der Waals surface area contributed by atoms with Crippen LogP contribution in [0.15, 0.2) is 29.2 Å². The molecular weight excluding hydrogens is 262 g/mol. The van der Waals surface area contributed by atoms with E-state index in [0.717, 1.165) is 0 Å². The van der Waals surface area contributed by atoms with Gasteiger partial charge in [-0.15, -0.1) is 0 Å². The van der Waals surface area contributed by atoms with E-state index in [-0.39, 0.29) is 22.1 Å². The van der Waals surface area contributed by atoms with Crippen molar-refractivity contribution >= 4 is 15.8 Å². The van der Waals surface area contributed by atoms with Gasteiger partial charge in [-0.1, -0.05) is 32.9 Å². The molecular formula is C14H21NO3S. The Labute approximate surface area is 115 Å². The van der Waals surface area contributed by atoms with E-state index >= 15 is 0 Å². The summed E-state index contributed by atoms with van der Waals surface area (Å²) in [6, 6.07) is 5.77. The number of ketones is 1. The van der Waals surface area contributed by atoms with Crippen LogP contribution in [0.4, 0.5) is 0 Å². The molecule has 106 valence electrons. The van der Waals surface area contributed by atoms with E-state index in [9.17, 15) is 13.2 Å². The number of carbonyl (C=O) groups excluding carboxylic acids is 1. The summed E-state index contributed by atoms with van der Waals surface area (Å²) in [5.74, 6) is -0.0834.